The molecule has 1 aromatic carbocycles. The van der Waals surface area contributed by atoms with Gasteiger partial charge in [-0.3, -0.25) is 9.71 Å². The van der Waals surface area contributed by atoms with Crippen LogP contribution in [0.1, 0.15) is 27.7 Å². The fourth-order valence-corrected chi connectivity index (χ4v) is 3.56. The Morgan fingerprint density at radius 1 is 1.00 bits per heavy atom. The van der Waals surface area contributed by atoms with Crippen molar-refractivity contribution in [3.05, 3.63) is 48.8 Å². The van der Waals surface area contributed by atoms with Crippen LogP contribution in [0.3, 0.4) is 0 Å². The van der Waals surface area contributed by atoms with Crippen molar-refractivity contribution < 1.29 is 17.7 Å². The average Bonchev–Trinajstić information content (AvgIpc) is 2.76. The van der Waals surface area contributed by atoms with E-state index in [2.05, 4.69) is 9.71 Å². The van der Waals surface area contributed by atoms with Gasteiger partial charge in [-0.05, 0) is 45.9 Å². The van der Waals surface area contributed by atoms with Gasteiger partial charge in [0.15, 0.2) is 0 Å². The van der Waals surface area contributed by atoms with Crippen molar-refractivity contribution in [1.29, 1.82) is 0 Å². The highest BCUT2D eigenvalue weighted by atomic mass is 32.2. The van der Waals surface area contributed by atoms with Gasteiger partial charge in [0, 0.05) is 11.7 Å². The first kappa shape index (κ1) is 17.9. The van der Waals surface area contributed by atoms with E-state index in [-0.39, 0.29) is 4.90 Å². The van der Waals surface area contributed by atoms with E-state index in [4.69, 9.17) is 9.31 Å². The van der Waals surface area contributed by atoms with Crippen molar-refractivity contribution in [3.8, 4) is 0 Å². The second-order valence-corrected chi connectivity index (χ2v) is 8.65. The third kappa shape index (κ3) is 3.42. The van der Waals surface area contributed by atoms with E-state index in [9.17, 15) is 8.42 Å². The maximum absolute atomic E-state index is 12.6. The fourth-order valence-electron chi connectivity index (χ4n) is 2.47. The molecule has 1 aromatic heterocycles. The lowest BCUT2D eigenvalue weighted by Gasteiger charge is -2.32. The quantitative estimate of drug-likeness (QED) is 0.846. The van der Waals surface area contributed by atoms with E-state index in [1.54, 1.807) is 30.5 Å². The highest BCUT2D eigenvalue weighted by Gasteiger charge is 2.52. The number of sulfonamides is 1. The van der Waals surface area contributed by atoms with Crippen LogP contribution in [0.2, 0.25) is 0 Å². The van der Waals surface area contributed by atoms with Crippen LogP contribution in [-0.4, -0.2) is 31.7 Å². The molecule has 2 heterocycles. The maximum atomic E-state index is 12.6. The zero-order valence-electron chi connectivity index (χ0n) is 14.7. The summed E-state index contributed by atoms with van der Waals surface area (Å²) in [4.78, 5) is 4.21. The zero-order valence-corrected chi connectivity index (χ0v) is 15.5. The molecular formula is C17H21BN2O4S. The minimum absolute atomic E-state index is 0.179. The summed E-state index contributed by atoms with van der Waals surface area (Å²) in [5.41, 5.74) is -0.106. The second-order valence-electron chi connectivity index (χ2n) is 6.97. The number of pyridine rings is 1. The van der Waals surface area contributed by atoms with Crippen LogP contribution in [0.15, 0.2) is 53.7 Å². The first-order chi connectivity index (χ1) is 11.6. The van der Waals surface area contributed by atoms with E-state index >= 15 is 0 Å². The van der Waals surface area contributed by atoms with Gasteiger partial charge in [-0.25, -0.2) is 8.42 Å². The molecule has 6 nitrogen and oxygen atoms in total. The molecule has 0 saturated carbocycles. The number of hydrogen-bond donors (Lipinski definition) is 1. The van der Waals surface area contributed by atoms with Gasteiger partial charge in [-0.1, -0.05) is 18.2 Å². The van der Waals surface area contributed by atoms with Gasteiger partial charge in [0.05, 0.1) is 28.0 Å². The molecule has 25 heavy (non-hydrogen) atoms. The molecule has 1 saturated heterocycles. The molecule has 0 atom stereocenters. The molecule has 8 heteroatoms. The Balaban J connectivity index is 1.93. The Hall–Kier alpha value is -1.90. The Bertz CT molecular complexity index is 853. The molecule has 0 spiro atoms. The van der Waals surface area contributed by atoms with Crippen LogP contribution in [0.4, 0.5) is 5.69 Å². The molecule has 1 aliphatic rings. The van der Waals surface area contributed by atoms with Crippen molar-refractivity contribution in [2.75, 3.05) is 4.72 Å². The largest absolute Gasteiger partial charge is 0.497 e. The number of aromatic nitrogens is 1. The van der Waals surface area contributed by atoms with Crippen LogP contribution < -0.4 is 10.2 Å². The monoisotopic (exact) mass is 360 g/mol. The molecule has 1 fully saturated rings. The van der Waals surface area contributed by atoms with E-state index in [1.165, 1.54) is 18.3 Å². The second kappa shape index (κ2) is 6.12. The zero-order chi connectivity index (χ0) is 18.3. The number of rotatable bonds is 4. The van der Waals surface area contributed by atoms with Gasteiger partial charge in [-0.2, -0.15) is 0 Å². The summed E-state index contributed by atoms with van der Waals surface area (Å²) in [6.07, 6.45) is 3.04. The third-order valence-electron chi connectivity index (χ3n) is 4.66. The molecule has 1 aliphatic heterocycles. The van der Waals surface area contributed by atoms with E-state index in [1.807, 2.05) is 27.7 Å². The normalized spacial score (nSPS) is 19.0. The number of nitrogens with zero attached hydrogens (tertiary/aromatic N) is 1. The number of nitrogens with one attached hydrogen (secondary N) is 1. The van der Waals surface area contributed by atoms with Gasteiger partial charge in [-0.15, -0.1) is 0 Å². The van der Waals surface area contributed by atoms with Crippen LogP contribution in [-0.2, 0) is 19.3 Å². The van der Waals surface area contributed by atoms with Crippen molar-refractivity contribution in [1.82, 2.24) is 4.98 Å². The Labute approximate surface area is 148 Å². The van der Waals surface area contributed by atoms with Crippen molar-refractivity contribution >= 4 is 28.3 Å². The van der Waals surface area contributed by atoms with Crippen LogP contribution in [0.5, 0.6) is 0 Å². The Morgan fingerprint density at radius 2 is 1.60 bits per heavy atom. The van der Waals surface area contributed by atoms with Crippen molar-refractivity contribution in [2.45, 2.75) is 43.8 Å². The van der Waals surface area contributed by atoms with Crippen molar-refractivity contribution in [2.24, 2.45) is 0 Å². The smallest absolute Gasteiger partial charge is 0.399 e. The lowest BCUT2D eigenvalue weighted by molar-refractivity contribution is 0.00578. The summed E-state index contributed by atoms with van der Waals surface area (Å²) in [6, 6.07) is 9.88. The van der Waals surface area contributed by atoms with E-state index in [0.717, 1.165) is 0 Å². The lowest BCUT2D eigenvalue weighted by Crippen LogP contribution is -2.41. The number of benzene rings is 1. The predicted molar refractivity (Wildman–Crippen MR) is 97.2 cm³/mol. The highest BCUT2D eigenvalue weighted by Crippen LogP contribution is 2.37. The number of anilines is 1. The summed E-state index contributed by atoms with van der Waals surface area (Å²) >= 11 is 0. The molecule has 3 rings (SSSR count). The Morgan fingerprint density at radius 3 is 2.20 bits per heavy atom. The van der Waals surface area contributed by atoms with E-state index in [0.29, 0.717) is 11.2 Å². The minimum atomic E-state index is -3.72. The molecule has 132 valence electrons. The van der Waals surface area contributed by atoms with E-state index < -0.39 is 28.3 Å². The van der Waals surface area contributed by atoms with Gasteiger partial charge >= 0.3 is 7.12 Å². The SMILES string of the molecule is CC1(C)OB(c2ccncc2NS(=O)(=O)c2ccccc2)OC1(C)C. The standard InChI is InChI=1S/C17H21BN2O4S/c1-16(2)17(3,4)24-18(23-16)14-10-11-19-12-15(14)20-25(21,22)13-8-6-5-7-9-13/h5-12,20H,1-4H3. The molecule has 1 N–H and O–H groups in total. The van der Waals surface area contributed by atoms with Crippen LogP contribution in [0.25, 0.3) is 0 Å². The molecule has 0 radical (unpaired) electrons. The topological polar surface area (TPSA) is 77.5 Å². The Kier molecular flexibility index (Phi) is 4.39. The first-order valence-electron chi connectivity index (χ1n) is 8.00. The third-order valence-corrected chi connectivity index (χ3v) is 6.04. The van der Waals surface area contributed by atoms with Gasteiger partial charge in [0.1, 0.15) is 0 Å². The molecule has 0 aliphatic carbocycles. The summed E-state index contributed by atoms with van der Waals surface area (Å²) in [7, 11) is -4.40. The first-order valence-corrected chi connectivity index (χ1v) is 9.48. The summed E-state index contributed by atoms with van der Waals surface area (Å²) in [6.45, 7) is 7.79. The summed E-state index contributed by atoms with van der Waals surface area (Å²) < 4.78 is 39.8. The fraction of sp³-hybridized carbons (Fsp3) is 0.353. The summed E-state index contributed by atoms with van der Waals surface area (Å²) in [5.74, 6) is 0. The lowest BCUT2D eigenvalue weighted by atomic mass is 9.78. The van der Waals surface area contributed by atoms with Crippen molar-refractivity contribution in [3.63, 3.8) is 0 Å². The summed E-state index contributed by atoms with van der Waals surface area (Å²) in [5, 5.41) is 0. The molecule has 0 bridgehead atoms. The molecular weight excluding hydrogens is 339 g/mol. The molecule has 0 unspecified atom stereocenters. The maximum Gasteiger partial charge on any atom is 0.497 e. The van der Waals surface area contributed by atoms with Crippen LogP contribution >= 0.6 is 0 Å². The number of hydrogen-bond acceptors (Lipinski definition) is 5. The van der Waals surface area contributed by atoms with Gasteiger partial charge in [0.25, 0.3) is 10.0 Å². The van der Waals surface area contributed by atoms with Crippen LogP contribution in [0, 0.1) is 0 Å². The average molecular weight is 360 g/mol. The molecule has 0 amide bonds. The molecule has 2 aromatic rings. The highest BCUT2D eigenvalue weighted by molar-refractivity contribution is 7.92. The predicted octanol–water partition coefficient (Wildman–Crippen LogP) is 2.18. The van der Waals surface area contributed by atoms with Gasteiger partial charge < -0.3 is 9.31 Å². The minimum Gasteiger partial charge on any atom is -0.399 e. The van der Waals surface area contributed by atoms with Gasteiger partial charge in [0.2, 0.25) is 0 Å².